The van der Waals surface area contributed by atoms with Gasteiger partial charge in [0, 0.05) is 19.0 Å². The summed E-state index contributed by atoms with van der Waals surface area (Å²) in [6.07, 6.45) is -0.0236. The third kappa shape index (κ3) is 2.04. The van der Waals surface area contributed by atoms with Gasteiger partial charge in [-0.25, -0.2) is 0 Å². The van der Waals surface area contributed by atoms with E-state index in [1.165, 1.54) is 4.90 Å². The molecule has 1 aliphatic heterocycles. The van der Waals surface area contributed by atoms with Gasteiger partial charge in [-0.3, -0.25) is 9.59 Å². The first-order chi connectivity index (χ1) is 10.0. The number of rotatable bonds is 2. The molecule has 2 aromatic carbocycles. The largest absolute Gasteiger partial charge is 0.373 e. The topological polar surface area (TPSA) is 57.6 Å². The van der Waals surface area contributed by atoms with E-state index in [2.05, 4.69) is 0 Å². The van der Waals surface area contributed by atoms with Crippen molar-refractivity contribution in [1.82, 2.24) is 0 Å². The molecule has 106 valence electrons. The second kappa shape index (κ2) is 4.82. The Bertz CT molecular complexity index is 711. The van der Waals surface area contributed by atoms with Crippen molar-refractivity contribution in [2.75, 3.05) is 11.9 Å². The first-order valence-corrected chi connectivity index (χ1v) is 6.72. The van der Waals surface area contributed by atoms with Crippen molar-refractivity contribution in [3.05, 3.63) is 65.7 Å². The lowest BCUT2D eigenvalue weighted by Gasteiger charge is -2.36. The maximum Gasteiger partial charge on any atom is 0.267 e. The fourth-order valence-electron chi connectivity index (χ4n) is 2.71. The number of carbonyl (C=O) groups is 2. The molecule has 1 N–H and O–H groups in total. The average Bonchev–Trinajstić information content (AvgIpc) is 2.52. The lowest BCUT2D eigenvalue weighted by molar-refractivity contribution is -0.132. The Kier molecular flexibility index (Phi) is 3.11. The van der Waals surface area contributed by atoms with E-state index in [1.807, 2.05) is 18.2 Å². The lowest BCUT2D eigenvalue weighted by atomic mass is 9.82. The predicted molar refractivity (Wildman–Crippen MR) is 79.3 cm³/mol. The lowest BCUT2D eigenvalue weighted by Crippen LogP contribution is -2.58. The molecule has 21 heavy (non-hydrogen) atoms. The molecule has 1 aliphatic rings. The number of para-hydroxylation sites is 1. The van der Waals surface area contributed by atoms with E-state index in [9.17, 15) is 14.7 Å². The SMILES string of the molecule is CN1C(=O)C(O)(Cc2ccccc2)C(=O)c2ccccc21. The number of carbonyl (C=O) groups excluding carboxylic acids is 2. The summed E-state index contributed by atoms with van der Waals surface area (Å²) in [5, 5.41) is 10.7. The minimum Gasteiger partial charge on any atom is -0.373 e. The summed E-state index contributed by atoms with van der Waals surface area (Å²) < 4.78 is 0. The summed E-state index contributed by atoms with van der Waals surface area (Å²) in [7, 11) is 1.57. The van der Waals surface area contributed by atoms with Gasteiger partial charge in [-0.05, 0) is 17.7 Å². The Morgan fingerprint density at radius 1 is 1.00 bits per heavy atom. The maximum atomic E-state index is 12.6. The number of anilines is 1. The van der Waals surface area contributed by atoms with Crippen molar-refractivity contribution in [2.45, 2.75) is 12.0 Å². The van der Waals surface area contributed by atoms with Crippen LogP contribution in [0.25, 0.3) is 0 Å². The fourth-order valence-corrected chi connectivity index (χ4v) is 2.71. The third-order valence-corrected chi connectivity index (χ3v) is 3.85. The van der Waals surface area contributed by atoms with Crippen LogP contribution in [0.15, 0.2) is 54.6 Å². The van der Waals surface area contributed by atoms with E-state index < -0.39 is 17.3 Å². The number of benzene rings is 2. The second-order valence-electron chi connectivity index (χ2n) is 5.23. The van der Waals surface area contributed by atoms with Gasteiger partial charge < -0.3 is 10.0 Å². The number of amides is 1. The van der Waals surface area contributed by atoms with E-state index in [1.54, 1.807) is 43.4 Å². The van der Waals surface area contributed by atoms with E-state index in [-0.39, 0.29) is 6.42 Å². The number of hydrogen-bond acceptors (Lipinski definition) is 3. The van der Waals surface area contributed by atoms with Gasteiger partial charge in [0.25, 0.3) is 5.91 Å². The van der Waals surface area contributed by atoms with Gasteiger partial charge in [-0.15, -0.1) is 0 Å². The molecule has 0 radical (unpaired) electrons. The zero-order valence-electron chi connectivity index (χ0n) is 11.6. The van der Waals surface area contributed by atoms with Crippen LogP contribution in [0, 0.1) is 0 Å². The van der Waals surface area contributed by atoms with E-state index in [0.29, 0.717) is 11.3 Å². The van der Waals surface area contributed by atoms with Gasteiger partial charge in [0.1, 0.15) is 0 Å². The normalized spacial score (nSPS) is 21.3. The molecule has 2 aromatic rings. The molecule has 0 saturated carbocycles. The molecule has 0 saturated heterocycles. The van der Waals surface area contributed by atoms with Gasteiger partial charge in [-0.1, -0.05) is 42.5 Å². The van der Waals surface area contributed by atoms with Crippen LogP contribution in [0.1, 0.15) is 15.9 Å². The van der Waals surface area contributed by atoms with Gasteiger partial charge in [0.05, 0.1) is 5.69 Å². The number of aliphatic hydroxyl groups is 1. The summed E-state index contributed by atoms with van der Waals surface area (Å²) in [4.78, 5) is 26.4. The summed E-state index contributed by atoms with van der Waals surface area (Å²) in [6, 6.07) is 15.9. The molecule has 0 aromatic heterocycles. The van der Waals surface area contributed by atoms with E-state index in [4.69, 9.17) is 0 Å². The van der Waals surface area contributed by atoms with Gasteiger partial charge >= 0.3 is 0 Å². The number of nitrogens with zero attached hydrogens (tertiary/aromatic N) is 1. The molecule has 0 fully saturated rings. The Labute approximate surface area is 122 Å². The summed E-state index contributed by atoms with van der Waals surface area (Å²) in [5.74, 6) is -1.12. The van der Waals surface area contributed by atoms with Crippen LogP contribution in [0.5, 0.6) is 0 Å². The van der Waals surface area contributed by atoms with Crippen LogP contribution in [-0.2, 0) is 11.2 Å². The molecule has 4 nitrogen and oxygen atoms in total. The summed E-state index contributed by atoms with van der Waals surface area (Å²) in [5.41, 5.74) is -0.387. The Morgan fingerprint density at radius 2 is 1.62 bits per heavy atom. The van der Waals surface area contributed by atoms with Crippen LogP contribution < -0.4 is 4.90 Å². The Hall–Kier alpha value is -2.46. The fraction of sp³-hybridized carbons (Fsp3) is 0.176. The highest BCUT2D eigenvalue weighted by Crippen LogP contribution is 2.33. The van der Waals surface area contributed by atoms with Crippen molar-refractivity contribution in [2.24, 2.45) is 0 Å². The first-order valence-electron chi connectivity index (χ1n) is 6.72. The monoisotopic (exact) mass is 281 g/mol. The van der Waals surface area contributed by atoms with Crippen molar-refractivity contribution < 1.29 is 14.7 Å². The number of hydrogen-bond donors (Lipinski definition) is 1. The third-order valence-electron chi connectivity index (χ3n) is 3.85. The van der Waals surface area contributed by atoms with Crippen LogP contribution in [-0.4, -0.2) is 29.4 Å². The van der Waals surface area contributed by atoms with Crippen LogP contribution >= 0.6 is 0 Å². The smallest absolute Gasteiger partial charge is 0.267 e. The maximum absolute atomic E-state index is 12.6. The minimum atomic E-state index is -2.04. The Morgan fingerprint density at radius 3 is 2.33 bits per heavy atom. The highest BCUT2D eigenvalue weighted by molar-refractivity contribution is 6.27. The number of ketones is 1. The predicted octanol–water partition coefficient (Wildman–Crippen LogP) is 1.82. The second-order valence-corrected chi connectivity index (χ2v) is 5.23. The molecule has 4 heteroatoms. The molecule has 1 heterocycles. The minimum absolute atomic E-state index is 0.0236. The molecular weight excluding hydrogens is 266 g/mol. The molecule has 1 atom stereocenters. The summed E-state index contributed by atoms with van der Waals surface area (Å²) >= 11 is 0. The number of fused-ring (bicyclic) bond motifs is 1. The molecule has 3 rings (SSSR count). The van der Waals surface area contributed by atoms with Gasteiger partial charge in [0.2, 0.25) is 11.4 Å². The summed E-state index contributed by atoms with van der Waals surface area (Å²) in [6.45, 7) is 0. The number of Topliss-reactive ketones (excluding diaryl/α,β-unsaturated/α-hetero) is 1. The van der Waals surface area contributed by atoms with Crippen LogP contribution in [0.2, 0.25) is 0 Å². The van der Waals surface area contributed by atoms with E-state index in [0.717, 1.165) is 5.56 Å². The highest BCUT2D eigenvalue weighted by Gasteiger charge is 2.50. The van der Waals surface area contributed by atoms with Gasteiger partial charge in [-0.2, -0.15) is 0 Å². The quantitative estimate of drug-likeness (QED) is 0.854. The molecular formula is C17H15NO3. The standard InChI is InChI=1S/C17H15NO3/c1-18-14-10-6-5-9-13(14)15(19)17(21,16(18)20)11-12-7-3-2-4-8-12/h2-10,21H,11H2,1H3. The highest BCUT2D eigenvalue weighted by atomic mass is 16.3. The first kappa shape index (κ1) is 13.5. The van der Waals surface area contributed by atoms with Crippen molar-refractivity contribution in [1.29, 1.82) is 0 Å². The van der Waals surface area contributed by atoms with Crippen LogP contribution in [0.4, 0.5) is 5.69 Å². The Balaban J connectivity index is 2.07. The zero-order valence-corrected chi connectivity index (χ0v) is 11.6. The molecule has 1 amide bonds. The molecule has 0 aliphatic carbocycles. The number of likely N-dealkylation sites (N-methyl/N-ethyl adjacent to an activating group) is 1. The van der Waals surface area contributed by atoms with Crippen molar-refractivity contribution in [3.63, 3.8) is 0 Å². The zero-order chi connectivity index (χ0) is 15.0. The molecule has 0 spiro atoms. The molecule has 1 unspecified atom stereocenters. The van der Waals surface area contributed by atoms with Crippen molar-refractivity contribution in [3.8, 4) is 0 Å². The average molecular weight is 281 g/mol. The van der Waals surface area contributed by atoms with E-state index >= 15 is 0 Å². The van der Waals surface area contributed by atoms with Crippen molar-refractivity contribution >= 4 is 17.4 Å². The van der Waals surface area contributed by atoms with Crippen LogP contribution in [0.3, 0.4) is 0 Å². The van der Waals surface area contributed by atoms with Gasteiger partial charge in [0.15, 0.2) is 0 Å². The molecule has 0 bridgehead atoms.